The fourth-order valence-corrected chi connectivity index (χ4v) is 4.01. The number of carbonyl (C=O) groups excluding carboxylic acids is 1. The van der Waals surface area contributed by atoms with E-state index in [4.69, 9.17) is 4.74 Å². The molecule has 25 heavy (non-hydrogen) atoms. The Labute approximate surface area is 148 Å². The molecule has 2 fully saturated rings. The van der Waals surface area contributed by atoms with Crippen molar-refractivity contribution in [1.82, 2.24) is 9.78 Å². The SMILES string of the molecule is Cc1ccc2c(cnn2C2CCCCO2)c1C=C1CCC(C)(C)C1=O. The number of rotatable bonds is 2. The first-order chi connectivity index (χ1) is 12.0. The molecule has 1 saturated heterocycles. The number of hydrogen-bond donors (Lipinski definition) is 0. The van der Waals surface area contributed by atoms with Crippen molar-refractivity contribution in [3.63, 3.8) is 0 Å². The molecular weight excluding hydrogens is 312 g/mol. The number of ether oxygens (including phenoxy) is 1. The van der Waals surface area contributed by atoms with Gasteiger partial charge in [0.15, 0.2) is 12.0 Å². The van der Waals surface area contributed by atoms with E-state index in [1.165, 1.54) is 12.0 Å². The third-order valence-electron chi connectivity index (χ3n) is 5.71. The fourth-order valence-electron chi connectivity index (χ4n) is 4.01. The topological polar surface area (TPSA) is 44.1 Å². The third-order valence-corrected chi connectivity index (χ3v) is 5.71. The van der Waals surface area contributed by atoms with Gasteiger partial charge in [-0.05, 0) is 67.9 Å². The average molecular weight is 338 g/mol. The first-order valence-corrected chi connectivity index (χ1v) is 9.31. The lowest BCUT2D eigenvalue weighted by Crippen LogP contribution is -2.18. The van der Waals surface area contributed by atoms with Crippen LogP contribution in [0.5, 0.6) is 0 Å². The molecule has 1 aromatic carbocycles. The Bertz CT molecular complexity index is 854. The van der Waals surface area contributed by atoms with Gasteiger partial charge in [-0.2, -0.15) is 5.10 Å². The molecule has 1 unspecified atom stereocenters. The molecule has 132 valence electrons. The second kappa shape index (κ2) is 6.10. The third kappa shape index (κ3) is 2.82. The minimum atomic E-state index is -0.228. The summed E-state index contributed by atoms with van der Waals surface area (Å²) >= 11 is 0. The van der Waals surface area contributed by atoms with E-state index in [1.54, 1.807) is 0 Å². The molecule has 0 amide bonds. The smallest absolute Gasteiger partial charge is 0.164 e. The van der Waals surface area contributed by atoms with E-state index in [2.05, 4.69) is 30.2 Å². The van der Waals surface area contributed by atoms with Gasteiger partial charge in [-0.15, -0.1) is 0 Å². The van der Waals surface area contributed by atoms with Gasteiger partial charge in [-0.25, -0.2) is 4.68 Å². The van der Waals surface area contributed by atoms with Crippen LogP contribution in [-0.4, -0.2) is 22.2 Å². The van der Waals surface area contributed by atoms with E-state index in [-0.39, 0.29) is 17.4 Å². The van der Waals surface area contributed by atoms with Gasteiger partial charge < -0.3 is 4.74 Å². The number of benzene rings is 1. The number of aryl methyl sites for hydroxylation is 1. The largest absolute Gasteiger partial charge is 0.356 e. The second-order valence-electron chi connectivity index (χ2n) is 8.02. The highest BCUT2D eigenvalue weighted by Gasteiger charge is 2.36. The highest BCUT2D eigenvalue weighted by Crippen LogP contribution is 2.39. The minimum Gasteiger partial charge on any atom is -0.356 e. The van der Waals surface area contributed by atoms with Gasteiger partial charge in [0.25, 0.3) is 0 Å². The molecule has 4 nitrogen and oxygen atoms in total. The van der Waals surface area contributed by atoms with E-state index in [9.17, 15) is 4.79 Å². The summed E-state index contributed by atoms with van der Waals surface area (Å²) < 4.78 is 7.92. The van der Waals surface area contributed by atoms with Crippen LogP contribution in [0.4, 0.5) is 0 Å². The zero-order valence-electron chi connectivity index (χ0n) is 15.3. The van der Waals surface area contributed by atoms with Crippen LogP contribution in [0.25, 0.3) is 17.0 Å². The molecular formula is C21H26N2O2. The Morgan fingerprint density at radius 1 is 1.32 bits per heavy atom. The maximum atomic E-state index is 12.6. The van der Waals surface area contributed by atoms with Crippen molar-refractivity contribution in [1.29, 1.82) is 0 Å². The van der Waals surface area contributed by atoms with Gasteiger partial charge in [-0.3, -0.25) is 4.79 Å². The first kappa shape index (κ1) is 16.5. The Balaban J connectivity index is 1.78. The molecule has 0 bridgehead atoms. The van der Waals surface area contributed by atoms with Crippen molar-refractivity contribution < 1.29 is 9.53 Å². The van der Waals surface area contributed by atoms with Gasteiger partial charge in [0.05, 0.1) is 11.7 Å². The highest BCUT2D eigenvalue weighted by molar-refractivity contribution is 6.06. The van der Waals surface area contributed by atoms with Gasteiger partial charge in [0.1, 0.15) is 0 Å². The molecule has 1 atom stereocenters. The summed E-state index contributed by atoms with van der Waals surface area (Å²) in [5.41, 5.74) is 4.12. The van der Waals surface area contributed by atoms with Crippen molar-refractivity contribution in [2.75, 3.05) is 6.61 Å². The number of hydrogen-bond acceptors (Lipinski definition) is 3. The van der Waals surface area contributed by atoms with Crippen LogP contribution >= 0.6 is 0 Å². The first-order valence-electron chi connectivity index (χ1n) is 9.31. The normalized spacial score (nSPS) is 25.2. The molecule has 1 aromatic heterocycles. The Morgan fingerprint density at radius 2 is 2.16 bits per heavy atom. The number of carbonyl (C=O) groups is 1. The molecule has 4 rings (SSSR count). The lowest BCUT2D eigenvalue weighted by molar-refractivity contribution is -0.121. The van der Waals surface area contributed by atoms with E-state index >= 15 is 0 Å². The maximum Gasteiger partial charge on any atom is 0.164 e. The Morgan fingerprint density at radius 3 is 2.84 bits per heavy atom. The lowest BCUT2D eigenvalue weighted by Gasteiger charge is -2.23. The van der Waals surface area contributed by atoms with Crippen LogP contribution in [0.2, 0.25) is 0 Å². The van der Waals surface area contributed by atoms with Crippen LogP contribution in [-0.2, 0) is 9.53 Å². The molecule has 0 radical (unpaired) electrons. The summed E-state index contributed by atoms with van der Waals surface area (Å²) in [6.45, 7) is 6.99. The number of ketones is 1. The molecule has 2 aromatic rings. The zero-order valence-corrected chi connectivity index (χ0v) is 15.3. The molecule has 1 saturated carbocycles. The zero-order chi connectivity index (χ0) is 17.6. The standard InChI is InChI=1S/C21H26N2O2/c1-14-7-8-18-17(13-22-23(18)19-6-4-5-11-25-19)16(14)12-15-9-10-21(2,3)20(15)24/h7-8,12-13,19H,4-6,9-11H2,1-3H3. The number of allylic oxidation sites excluding steroid dienone is 1. The Kier molecular flexibility index (Phi) is 4.03. The average Bonchev–Trinajstić information content (AvgIpc) is 3.14. The van der Waals surface area contributed by atoms with Crippen LogP contribution in [0, 0.1) is 12.3 Å². The summed E-state index contributed by atoms with van der Waals surface area (Å²) in [7, 11) is 0. The number of nitrogens with zero attached hydrogens (tertiary/aromatic N) is 2. The summed E-state index contributed by atoms with van der Waals surface area (Å²) in [5.74, 6) is 0.284. The van der Waals surface area contributed by atoms with Gasteiger partial charge >= 0.3 is 0 Å². The van der Waals surface area contributed by atoms with Gasteiger partial charge in [-0.1, -0.05) is 19.9 Å². The number of aromatic nitrogens is 2. The molecule has 2 heterocycles. The van der Waals surface area contributed by atoms with Gasteiger partial charge in [0.2, 0.25) is 0 Å². The second-order valence-corrected chi connectivity index (χ2v) is 8.02. The molecule has 0 spiro atoms. The summed E-state index contributed by atoms with van der Waals surface area (Å²) in [6, 6.07) is 4.25. The van der Waals surface area contributed by atoms with Gasteiger partial charge in [0, 0.05) is 17.4 Å². The monoisotopic (exact) mass is 338 g/mol. The molecule has 4 heteroatoms. The van der Waals surface area contributed by atoms with Crippen molar-refractivity contribution in [3.05, 3.63) is 35.0 Å². The van der Waals surface area contributed by atoms with E-state index in [1.807, 2.05) is 24.7 Å². The fraction of sp³-hybridized carbons (Fsp3) is 0.524. The minimum absolute atomic E-state index is 0.0292. The summed E-state index contributed by atoms with van der Waals surface area (Å²) in [5, 5.41) is 5.73. The quantitative estimate of drug-likeness (QED) is 0.738. The summed E-state index contributed by atoms with van der Waals surface area (Å²) in [4.78, 5) is 12.6. The van der Waals surface area contributed by atoms with Crippen LogP contribution in [0.15, 0.2) is 23.9 Å². The number of fused-ring (bicyclic) bond motifs is 1. The van der Waals surface area contributed by atoms with Crippen LogP contribution < -0.4 is 0 Å². The molecule has 2 aliphatic rings. The molecule has 1 aliphatic heterocycles. The van der Waals surface area contributed by atoms with Crippen molar-refractivity contribution >= 4 is 22.8 Å². The van der Waals surface area contributed by atoms with E-state index < -0.39 is 0 Å². The van der Waals surface area contributed by atoms with E-state index in [0.29, 0.717) is 0 Å². The molecule has 1 aliphatic carbocycles. The van der Waals surface area contributed by atoms with Crippen LogP contribution in [0.3, 0.4) is 0 Å². The highest BCUT2D eigenvalue weighted by atomic mass is 16.5. The predicted molar refractivity (Wildman–Crippen MR) is 99.3 cm³/mol. The lowest BCUT2D eigenvalue weighted by atomic mass is 9.90. The molecule has 0 N–H and O–H groups in total. The van der Waals surface area contributed by atoms with Crippen molar-refractivity contribution in [2.24, 2.45) is 5.41 Å². The Hall–Kier alpha value is -1.94. The van der Waals surface area contributed by atoms with Crippen LogP contribution in [0.1, 0.15) is 63.3 Å². The predicted octanol–water partition coefficient (Wildman–Crippen LogP) is 4.82. The van der Waals surface area contributed by atoms with Crippen molar-refractivity contribution in [2.45, 2.75) is 59.1 Å². The van der Waals surface area contributed by atoms with Crippen molar-refractivity contribution in [3.8, 4) is 0 Å². The summed E-state index contributed by atoms with van der Waals surface area (Å²) in [6.07, 6.45) is 9.17. The maximum absolute atomic E-state index is 12.6. The van der Waals surface area contributed by atoms with E-state index in [0.717, 1.165) is 54.3 Å². The number of Topliss-reactive ketones (excluding diaryl/α,β-unsaturated/α-hetero) is 1.